The number of alkyl halides is 2. The number of ether oxygens (including phenoxy) is 1. The van der Waals surface area contributed by atoms with Crippen molar-refractivity contribution < 1.29 is 22.7 Å². The van der Waals surface area contributed by atoms with Crippen molar-refractivity contribution in [1.82, 2.24) is 19.7 Å². The molecule has 2 aliphatic rings. The van der Waals surface area contributed by atoms with Crippen LogP contribution in [0.1, 0.15) is 55.3 Å². The number of carbonyl (C=O) groups is 1. The number of Topliss-reactive ketones (excluding diaryl/α,β-unsaturated/α-hetero) is 1. The smallest absolute Gasteiger partial charge is 0.272 e. The number of carbonyl (C=O) groups excluding carboxylic acids is 1. The van der Waals surface area contributed by atoms with E-state index >= 15 is 0 Å². The molecule has 35 heavy (non-hydrogen) atoms. The van der Waals surface area contributed by atoms with E-state index in [0.29, 0.717) is 23.8 Å². The number of hydrogen-bond acceptors (Lipinski definition) is 5. The highest BCUT2D eigenvalue weighted by Gasteiger charge is 2.25. The van der Waals surface area contributed by atoms with Crippen molar-refractivity contribution in [3.63, 3.8) is 0 Å². The Hall–Kier alpha value is -2.42. The Morgan fingerprint density at radius 1 is 1.14 bits per heavy atom. The predicted molar refractivity (Wildman–Crippen MR) is 126 cm³/mol. The van der Waals surface area contributed by atoms with Crippen molar-refractivity contribution in [3.8, 4) is 5.88 Å². The summed E-state index contributed by atoms with van der Waals surface area (Å²) in [5.41, 5.74) is 2.52. The van der Waals surface area contributed by atoms with Gasteiger partial charge in [0.15, 0.2) is 6.61 Å². The molecule has 1 aliphatic heterocycles. The standard InChI is InChI=1S/C26H35F3N4O2/c1-32-16-21(26(29)31-32)15-22(34)14-19-4-2-18(3-5-19)8-11-33-12-9-20-6-7-25(35-17-24(27)28)30-23(20)10-13-33/h6-7,16,18-19,24H,2-5,8-15,17H2,1H3. The Morgan fingerprint density at radius 2 is 1.89 bits per heavy atom. The van der Waals surface area contributed by atoms with Crippen LogP contribution < -0.4 is 4.74 Å². The number of aryl methyl sites for hydroxylation is 1. The normalized spacial score (nSPS) is 21.1. The van der Waals surface area contributed by atoms with E-state index in [1.165, 1.54) is 10.2 Å². The number of nitrogens with zero attached hydrogens (tertiary/aromatic N) is 4. The zero-order valence-corrected chi connectivity index (χ0v) is 20.4. The van der Waals surface area contributed by atoms with E-state index in [0.717, 1.165) is 70.3 Å². The minimum absolute atomic E-state index is 0.0980. The molecule has 9 heteroatoms. The highest BCUT2D eigenvalue weighted by atomic mass is 19.3. The van der Waals surface area contributed by atoms with Crippen LogP contribution in [0.15, 0.2) is 18.3 Å². The van der Waals surface area contributed by atoms with Crippen molar-refractivity contribution in [2.24, 2.45) is 18.9 Å². The number of fused-ring (bicyclic) bond motifs is 1. The number of aromatic nitrogens is 3. The van der Waals surface area contributed by atoms with Gasteiger partial charge in [-0.3, -0.25) is 9.48 Å². The van der Waals surface area contributed by atoms with Crippen molar-refractivity contribution in [2.75, 3.05) is 26.2 Å². The van der Waals surface area contributed by atoms with E-state index in [-0.39, 0.29) is 18.1 Å². The molecule has 0 amide bonds. The van der Waals surface area contributed by atoms with Crippen LogP contribution in [0.4, 0.5) is 13.2 Å². The maximum absolute atomic E-state index is 13.7. The largest absolute Gasteiger partial charge is 0.472 e. The minimum atomic E-state index is -2.50. The molecule has 0 spiro atoms. The molecule has 0 saturated heterocycles. The fourth-order valence-electron chi connectivity index (χ4n) is 5.39. The summed E-state index contributed by atoms with van der Waals surface area (Å²) < 4.78 is 45.0. The van der Waals surface area contributed by atoms with Crippen LogP contribution in [-0.4, -0.2) is 58.1 Å². The second-order valence-electron chi connectivity index (χ2n) is 10.0. The fourth-order valence-corrected chi connectivity index (χ4v) is 5.39. The topological polar surface area (TPSA) is 60.2 Å². The Labute approximate surface area is 204 Å². The summed E-state index contributed by atoms with van der Waals surface area (Å²) in [7, 11) is 1.66. The van der Waals surface area contributed by atoms with E-state index in [1.807, 2.05) is 6.07 Å². The first-order valence-corrected chi connectivity index (χ1v) is 12.7. The maximum Gasteiger partial charge on any atom is 0.272 e. The van der Waals surface area contributed by atoms with Crippen LogP contribution in [-0.2, 0) is 31.1 Å². The lowest BCUT2D eigenvalue weighted by Gasteiger charge is -2.30. The lowest BCUT2D eigenvalue weighted by molar-refractivity contribution is -0.119. The molecule has 0 bridgehead atoms. The molecule has 0 unspecified atom stereocenters. The van der Waals surface area contributed by atoms with Gasteiger partial charge < -0.3 is 9.64 Å². The van der Waals surface area contributed by atoms with Gasteiger partial charge in [0.1, 0.15) is 5.78 Å². The van der Waals surface area contributed by atoms with Gasteiger partial charge in [-0.05, 0) is 49.6 Å². The third-order valence-corrected chi connectivity index (χ3v) is 7.34. The number of hydrogen-bond donors (Lipinski definition) is 0. The van der Waals surface area contributed by atoms with Crippen LogP contribution in [0.5, 0.6) is 5.88 Å². The molecule has 6 nitrogen and oxygen atoms in total. The summed E-state index contributed by atoms with van der Waals surface area (Å²) in [6.07, 6.45) is 6.99. The zero-order chi connectivity index (χ0) is 24.8. The van der Waals surface area contributed by atoms with Gasteiger partial charge >= 0.3 is 0 Å². The molecule has 1 fully saturated rings. The maximum atomic E-state index is 13.7. The quantitative estimate of drug-likeness (QED) is 0.492. The van der Waals surface area contributed by atoms with Crippen molar-refractivity contribution >= 4 is 5.78 Å². The molecular formula is C26H35F3N4O2. The Balaban J connectivity index is 1.16. The molecule has 192 valence electrons. The molecule has 3 heterocycles. The third-order valence-electron chi connectivity index (χ3n) is 7.34. The molecule has 2 aromatic rings. The monoisotopic (exact) mass is 492 g/mol. The molecule has 0 N–H and O–H groups in total. The number of ketones is 1. The predicted octanol–water partition coefficient (Wildman–Crippen LogP) is 4.40. The van der Waals surface area contributed by atoms with Gasteiger partial charge in [-0.1, -0.05) is 18.9 Å². The van der Waals surface area contributed by atoms with E-state index in [1.54, 1.807) is 19.3 Å². The highest BCUT2D eigenvalue weighted by Crippen LogP contribution is 2.33. The first-order valence-electron chi connectivity index (χ1n) is 12.7. The summed E-state index contributed by atoms with van der Waals surface area (Å²) in [5, 5.41) is 3.67. The molecule has 4 rings (SSSR count). The summed E-state index contributed by atoms with van der Waals surface area (Å²) in [5.74, 6) is 0.908. The second kappa shape index (κ2) is 12.0. The Morgan fingerprint density at radius 3 is 2.60 bits per heavy atom. The summed E-state index contributed by atoms with van der Waals surface area (Å²) >= 11 is 0. The van der Waals surface area contributed by atoms with Gasteiger partial charge in [-0.2, -0.15) is 4.39 Å². The lowest BCUT2D eigenvalue weighted by atomic mass is 9.78. The number of halogens is 3. The van der Waals surface area contributed by atoms with Gasteiger partial charge in [0, 0.05) is 62.9 Å². The molecular weight excluding hydrogens is 457 g/mol. The van der Waals surface area contributed by atoms with Crippen molar-refractivity contribution in [2.45, 2.75) is 64.2 Å². The molecule has 0 aromatic carbocycles. The Kier molecular flexibility index (Phi) is 8.81. The van der Waals surface area contributed by atoms with Crippen LogP contribution in [0.25, 0.3) is 0 Å². The Bertz CT molecular complexity index is 989. The fraction of sp³-hybridized carbons (Fsp3) is 0.654. The number of rotatable bonds is 10. The van der Waals surface area contributed by atoms with Crippen molar-refractivity contribution in [3.05, 3.63) is 41.1 Å². The van der Waals surface area contributed by atoms with Crippen LogP contribution in [0, 0.1) is 17.8 Å². The van der Waals surface area contributed by atoms with Crippen LogP contribution in [0.3, 0.4) is 0 Å². The molecule has 2 aromatic heterocycles. The highest BCUT2D eigenvalue weighted by molar-refractivity contribution is 5.81. The SMILES string of the molecule is Cn1cc(CC(=O)CC2CCC(CCN3CCc4ccc(OCC(F)F)nc4CC3)CC2)c(F)n1. The number of pyridine rings is 1. The van der Waals surface area contributed by atoms with E-state index in [2.05, 4.69) is 15.0 Å². The third kappa shape index (κ3) is 7.53. The first-order chi connectivity index (χ1) is 16.9. The van der Waals surface area contributed by atoms with Crippen LogP contribution in [0.2, 0.25) is 0 Å². The van der Waals surface area contributed by atoms with Gasteiger partial charge in [0.2, 0.25) is 11.8 Å². The van der Waals surface area contributed by atoms with E-state index in [9.17, 15) is 18.0 Å². The zero-order valence-electron chi connectivity index (χ0n) is 20.4. The second-order valence-corrected chi connectivity index (χ2v) is 10.0. The van der Waals surface area contributed by atoms with Gasteiger partial charge in [0.05, 0.1) is 0 Å². The lowest BCUT2D eigenvalue weighted by Crippen LogP contribution is -2.29. The van der Waals surface area contributed by atoms with Gasteiger partial charge in [0.25, 0.3) is 6.43 Å². The average molecular weight is 493 g/mol. The first kappa shape index (κ1) is 25.7. The van der Waals surface area contributed by atoms with E-state index in [4.69, 9.17) is 4.74 Å². The summed E-state index contributed by atoms with van der Waals surface area (Å²) in [6.45, 7) is 2.29. The summed E-state index contributed by atoms with van der Waals surface area (Å²) in [4.78, 5) is 19.3. The molecule has 1 aliphatic carbocycles. The van der Waals surface area contributed by atoms with Gasteiger partial charge in [-0.15, -0.1) is 5.10 Å². The minimum Gasteiger partial charge on any atom is -0.472 e. The van der Waals surface area contributed by atoms with Gasteiger partial charge in [-0.25, -0.2) is 13.8 Å². The molecule has 0 radical (unpaired) electrons. The average Bonchev–Trinajstić information content (AvgIpc) is 3.02. The van der Waals surface area contributed by atoms with Crippen molar-refractivity contribution in [1.29, 1.82) is 0 Å². The van der Waals surface area contributed by atoms with Crippen LogP contribution >= 0.6 is 0 Å². The van der Waals surface area contributed by atoms with E-state index < -0.39 is 19.0 Å². The molecule has 0 atom stereocenters. The molecule has 1 saturated carbocycles. The summed E-state index contributed by atoms with van der Waals surface area (Å²) in [6, 6.07) is 3.64.